The zero-order chi connectivity index (χ0) is 14.5. The standard InChI is InChI=1S/C14H16N2O3/c1-3-14(2,13(18)19)9-16-12(17)11-6-4-10(8-15)5-7-11/h4-7H,3,9H2,1-2H3,(H,16,17)(H,18,19). The van der Waals surface area contributed by atoms with Gasteiger partial charge in [0.25, 0.3) is 5.91 Å². The molecule has 100 valence electrons. The van der Waals surface area contributed by atoms with E-state index in [-0.39, 0.29) is 12.5 Å². The van der Waals surface area contributed by atoms with Crippen molar-refractivity contribution in [3.8, 4) is 6.07 Å². The van der Waals surface area contributed by atoms with Crippen molar-refractivity contribution >= 4 is 11.9 Å². The number of hydrogen-bond donors (Lipinski definition) is 2. The van der Waals surface area contributed by atoms with Gasteiger partial charge in [-0.15, -0.1) is 0 Å². The average Bonchev–Trinajstić information content (AvgIpc) is 2.44. The number of aliphatic carboxylic acids is 1. The summed E-state index contributed by atoms with van der Waals surface area (Å²) in [4.78, 5) is 22.9. The SMILES string of the molecule is CCC(C)(CNC(=O)c1ccc(C#N)cc1)C(=O)O. The van der Waals surface area contributed by atoms with Crippen molar-refractivity contribution in [2.75, 3.05) is 6.54 Å². The third-order valence-corrected chi connectivity index (χ3v) is 3.21. The number of nitrogens with one attached hydrogen (secondary N) is 1. The minimum Gasteiger partial charge on any atom is -0.481 e. The molecule has 19 heavy (non-hydrogen) atoms. The van der Waals surface area contributed by atoms with Gasteiger partial charge in [0.2, 0.25) is 0 Å². The van der Waals surface area contributed by atoms with E-state index in [4.69, 9.17) is 10.4 Å². The number of benzene rings is 1. The third-order valence-electron chi connectivity index (χ3n) is 3.21. The Kier molecular flexibility index (Phi) is 4.65. The van der Waals surface area contributed by atoms with Crippen LogP contribution in [0, 0.1) is 16.7 Å². The second kappa shape index (κ2) is 6.01. The van der Waals surface area contributed by atoms with Crippen molar-refractivity contribution in [2.24, 2.45) is 5.41 Å². The summed E-state index contributed by atoms with van der Waals surface area (Å²) in [5.74, 6) is -1.28. The summed E-state index contributed by atoms with van der Waals surface area (Å²) in [5.41, 5.74) is -0.0919. The predicted octanol–water partition coefficient (Wildman–Crippen LogP) is 1.79. The number of carbonyl (C=O) groups is 2. The van der Waals surface area contributed by atoms with E-state index >= 15 is 0 Å². The molecule has 0 spiro atoms. The molecule has 0 heterocycles. The van der Waals surface area contributed by atoms with Gasteiger partial charge in [-0.1, -0.05) is 6.92 Å². The minimum absolute atomic E-state index is 0.0671. The van der Waals surface area contributed by atoms with Gasteiger partial charge in [0, 0.05) is 12.1 Å². The molecule has 0 aliphatic heterocycles. The normalized spacial score (nSPS) is 13.1. The molecule has 0 saturated carbocycles. The highest BCUT2D eigenvalue weighted by Crippen LogP contribution is 2.20. The Balaban J connectivity index is 2.70. The monoisotopic (exact) mass is 260 g/mol. The highest BCUT2D eigenvalue weighted by atomic mass is 16.4. The summed E-state index contributed by atoms with van der Waals surface area (Å²) in [6.07, 6.45) is 0.427. The number of hydrogen-bond acceptors (Lipinski definition) is 3. The zero-order valence-electron chi connectivity index (χ0n) is 10.9. The molecule has 1 rings (SSSR count). The van der Waals surface area contributed by atoms with Crippen molar-refractivity contribution < 1.29 is 14.7 Å². The van der Waals surface area contributed by atoms with Gasteiger partial charge in [-0.25, -0.2) is 0 Å². The number of carboxylic acid groups (broad SMARTS) is 1. The molecule has 0 aromatic heterocycles. The molecule has 0 radical (unpaired) electrons. The highest BCUT2D eigenvalue weighted by molar-refractivity contribution is 5.94. The first-order valence-corrected chi connectivity index (χ1v) is 5.94. The molecule has 0 aliphatic carbocycles. The van der Waals surface area contributed by atoms with Crippen LogP contribution in [0.2, 0.25) is 0 Å². The quantitative estimate of drug-likeness (QED) is 0.844. The lowest BCUT2D eigenvalue weighted by molar-refractivity contribution is -0.147. The Morgan fingerprint density at radius 3 is 2.37 bits per heavy atom. The maximum atomic E-state index is 11.8. The number of carboxylic acids is 1. The maximum absolute atomic E-state index is 11.8. The van der Waals surface area contributed by atoms with E-state index in [2.05, 4.69) is 5.32 Å². The third kappa shape index (κ3) is 3.55. The summed E-state index contributed by atoms with van der Waals surface area (Å²) >= 11 is 0. The first-order chi connectivity index (χ1) is 8.92. The van der Waals surface area contributed by atoms with Gasteiger partial charge >= 0.3 is 5.97 Å². The molecular formula is C14H16N2O3. The van der Waals surface area contributed by atoms with Crippen LogP contribution in [0.5, 0.6) is 0 Å². The summed E-state index contributed by atoms with van der Waals surface area (Å²) in [6, 6.07) is 8.14. The van der Waals surface area contributed by atoms with Crippen molar-refractivity contribution in [2.45, 2.75) is 20.3 Å². The Morgan fingerprint density at radius 1 is 1.37 bits per heavy atom. The van der Waals surface area contributed by atoms with E-state index in [9.17, 15) is 9.59 Å². The summed E-state index contributed by atoms with van der Waals surface area (Å²) in [6.45, 7) is 3.42. The van der Waals surface area contributed by atoms with Crippen LogP contribution in [0.3, 0.4) is 0 Å². The van der Waals surface area contributed by atoms with Crippen LogP contribution < -0.4 is 5.32 Å². The summed E-state index contributed by atoms with van der Waals surface area (Å²) in [5, 5.41) is 20.4. The van der Waals surface area contributed by atoms with Gasteiger partial charge in [-0.3, -0.25) is 9.59 Å². The van der Waals surface area contributed by atoms with Crippen molar-refractivity contribution in [1.82, 2.24) is 5.32 Å². The summed E-state index contributed by atoms with van der Waals surface area (Å²) < 4.78 is 0. The highest BCUT2D eigenvalue weighted by Gasteiger charge is 2.31. The molecule has 1 atom stereocenters. The van der Waals surface area contributed by atoms with Crippen LogP contribution in [0.1, 0.15) is 36.2 Å². The zero-order valence-corrected chi connectivity index (χ0v) is 10.9. The van der Waals surface area contributed by atoms with E-state index in [0.29, 0.717) is 17.5 Å². The fraction of sp³-hybridized carbons (Fsp3) is 0.357. The number of rotatable bonds is 5. The lowest BCUT2D eigenvalue weighted by Crippen LogP contribution is -2.40. The van der Waals surface area contributed by atoms with Crippen LogP contribution in [0.4, 0.5) is 0 Å². The fourth-order valence-corrected chi connectivity index (χ4v) is 1.43. The number of amides is 1. The molecule has 0 aliphatic rings. The first kappa shape index (κ1) is 14.7. The molecule has 0 saturated heterocycles. The second-order valence-electron chi connectivity index (χ2n) is 4.59. The average molecular weight is 260 g/mol. The molecule has 1 unspecified atom stereocenters. The van der Waals surface area contributed by atoms with Gasteiger partial charge in [0.05, 0.1) is 17.0 Å². The van der Waals surface area contributed by atoms with Crippen LogP contribution in [0.15, 0.2) is 24.3 Å². The fourth-order valence-electron chi connectivity index (χ4n) is 1.43. The van der Waals surface area contributed by atoms with Gasteiger partial charge < -0.3 is 10.4 Å². The number of nitrogens with zero attached hydrogens (tertiary/aromatic N) is 1. The van der Waals surface area contributed by atoms with Crippen LogP contribution in [0.25, 0.3) is 0 Å². The van der Waals surface area contributed by atoms with Crippen LogP contribution in [-0.2, 0) is 4.79 Å². The van der Waals surface area contributed by atoms with E-state index < -0.39 is 11.4 Å². The van der Waals surface area contributed by atoms with Gasteiger partial charge in [0.1, 0.15) is 0 Å². The summed E-state index contributed by atoms with van der Waals surface area (Å²) in [7, 11) is 0. The van der Waals surface area contributed by atoms with Gasteiger partial charge in [-0.05, 0) is 37.6 Å². The van der Waals surface area contributed by atoms with E-state index in [1.807, 2.05) is 6.07 Å². The number of nitriles is 1. The van der Waals surface area contributed by atoms with Gasteiger partial charge in [0.15, 0.2) is 0 Å². The minimum atomic E-state index is -0.970. The molecule has 5 heteroatoms. The first-order valence-electron chi connectivity index (χ1n) is 5.94. The number of carbonyl (C=O) groups excluding carboxylic acids is 1. The Hall–Kier alpha value is -2.35. The molecule has 1 amide bonds. The predicted molar refractivity (Wildman–Crippen MR) is 69.5 cm³/mol. The second-order valence-corrected chi connectivity index (χ2v) is 4.59. The maximum Gasteiger partial charge on any atom is 0.311 e. The van der Waals surface area contributed by atoms with Crippen LogP contribution in [-0.4, -0.2) is 23.5 Å². The Bertz CT molecular complexity index is 516. The molecule has 0 fully saturated rings. The lowest BCUT2D eigenvalue weighted by Gasteiger charge is -2.23. The van der Waals surface area contributed by atoms with E-state index in [1.165, 1.54) is 12.1 Å². The lowest BCUT2D eigenvalue weighted by atomic mass is 9.87. The smallest absolute Gasteiger partial charge is 0.311 e. The van der Waals surface area contributed by atoms with E-state index in [0.717, 1.165) is 0 Å². The largest absolute Gasteiger partial charge is 0.481 e. The van der Waals surface area contributed by atoms with Gasteiger partial charge in [-0.2, -0.15) is 5.26 Å². The van der Waals surface area contributed by atoms with Crippen molar-refractivity contribution in [3.05, 3.63) is 35.4 Å². The molecule has 1 aromatic carbocycles. The topological polar surface area (TPSA) is 90.2 Å². The van der Waals surface area contributed by atoms with Crippen LogP contribution >= 0.6 is 0 Å². The van der Waals surface area contributed by atoms with Crippen molar-refractivity contribution in [3.63, 3.8) is 0 Å². The van der Waals surface area contributed by atoms with E-state index in [1.54, 1.807) is 26.0 Å². The molecular weight excluding hydrogens is 244 g/mol. The Labute approximate surface area is 111 Å². The Morgan fingerprint density at radius 2 is 1.95 bits per heavy atom. The molecule has 2 N–H and O–H groups in total. The molecule has 5 nitrogen and oxygen atoms in total. The molecule has 1 aromatic rings. The molecule has 0 bridgehead atoms. The van der Waals surface area contributed by atoms with Crippen molar-refractivity contribution in [1.29, 1.82) is 5.26 Å².